The van der Waals surface area contributed by atoms with E-state index in [0.29, 0.717) is 42.3 Å². The molecule has 3 heteroatoms. The summed E-state index contributed by atoms with van der Waals surface area (Å²) < 4.78 is 10.8. The molecule has 2 aliphatic rings. The summed E-state index contributed by atoms with van der Waals surface area (Å²) in [6.45, 7) is 0. The number of ether oxygens (including phenoxy) is 2. The molecule has 0 heterocycles. The number of hydrogen-bond acceptors (Lipinski definition) is 3. The Morgan fingerprint density at radius 2 is 1.00 bits per heavy atom. The van der Waals surface area contributed by atoms with Crippen molar-refractivity contribution in [2.24, 2.45) is 11.8 Å². The lowest BCUT2D eigenvalue weighted by molar-refractivity contribution is -0.120. The van der Waals surface area contributed by atoms with E-state index in [0.717, 1.165) is 11.5 Å². The van der Waals surface area contributed by atoms with Gasteiger partial charge in [0.1, 0.15) is 17.3 Å². The van der Waals surface area contributed by atoms with Crippen LogP contribution in [0.3, 0.4) is 0 Å². The number of hydrogen-bond donors (Lipinski definition) is 0. The van der Waals surface area contributed by atoms with Crippen LogP contribution >= 0.6 is 0 Å². The van der Waals surface area contributed by atoms with E-state index in [9.17, 15) is 4.79 Å². The quantitative estimate of drug-likeness (QED) is 0.358. The first-order valence-corrected chi connectivity index (χ1v) is 13.5. The standard InChI is InChI=1S/C31H42O3/c1-33-28-17-13-25(14-18-28)30(23-9-5-3-6-10-23)21-27(32)22-31(24-11-7-4-8-12-24)26-15-19-29(34-2)20-16-26/h13-20,23-24,30-31H,3-12,21-22H2,1-2H3/t30-,31-/m0/s1. The molecule has 4 rings (SSSR count). The molecular weight excluding hydrogens is 420 g/mol. The van der Waals surface area contributed by atoms with Gasteiger partial charge in [-0.05, 0) is 84.7 Å². The summed E-state index contributed by atoms with van der Waals surface area (Å²) in [5.74, 6) is 4.06. The molecule has 2 fully saturated rings. The molecule has 0 aliphatic heterocycles. The molecule has 2 aromatic rings. The van der Waals surface area contributed by atoms with Crippen LogP contribution in [0.25, 0.3) is 0 Å². The third-order valence-corrected chi connectivity index (χ3v) is 8.42. The first kappa shape index (κ1) is 24.8. The normalized spacial score (nSPS) is 19.4. The van der Waals surface area contributed by atoms with Crippen LogP contribution in [-0.2, 0) is 4.79 Å². The molecule has 0 bridgehead atoms. The zero-order valence-electron chi connectivity index (χ0n) is 21.1. The Bertz CT molecular complexity index is 800. The number of rotatable bonds is 10. The maximum absolute atomic E-state index is 13.7. The lowest BCUT2D eigenvalue weighted by Crippen LogP contribution is -2.23. The van der Waals surface area contributed by atoms with Crippen LogP contribution in [0.5, 0.6) is 11.5 Å². The van der Waals surface area contributed by atoms with Crippen LogP contribution in [0, 0.1) is 11.8 Å². The van der Waals surface area contributed by atoms with E-state index in [1.54, 1.807) is 14.2 Å². The Hall–Kier alpha value is -2.29. The van der Waals surface area contributed by atoms with Crippen molar-refractivity contribution in [1.29, 1.82) is 0 Å². The molecule has 2 saturated carbocycles. The van der Waals surface area contributed by atoms with Crippen molar-refractivity contribution in [3.8, 4) is 11.5 Å². The van der Waals surface area contributed by atoms with Gasteiger partial charge in [0.2, 0.25) is 0 Å². The van der Waals surface area contributed by atoms with Gasteiger partial charge in [-0.1, -0.05) is 62.8 Å². The number of Topliss-reactive ketones (excluding diaryl/α,β-unsaturated/α-hetero) is 1. The summed E-state index contributed by atoms with van der Waals surface area (Å²) in [6, 6.07) is 17.0. The minimum atomic E-state index is 0.321. The van der Waals surface area contributed by atoms with E-state index >= 15 is 0 Å². The van der Waals surface area contributed by atoms with Crippen molar-refractivity contribution in [3.05, 3.63) is 59.7 Å². The molecule has 0 unspecified atom stereocenters. The van der Waals surface area contributed by atoms with Crippen molar-refractivity contribution in [2.75, 3.05) is 14.2 Å². The number of carbonyl (C=O) groups excluding carboxylic acids is 1. The molecule has 0 radical (unpaired) electrons. The first-order chi connectivity index (χ1) is 16.7. The maximum atomic E-state index is 13.7. The lowest BCUT2D eigenvalue weighted by Gasteiger charge is -2.33. The molecule has 0 saturated heterocycles. The molecular formula is C31H42O3. The van der Waals surface area contributed by atoms with Gasteiger partial charge < -0.3 is 9.47 Å². The van der Waals surface area contributed by atoms with Crippen LogP contribution in [-0.4, -0.2) is 20.0 Å². The molecule has 2 atom stereocenters. The van der Waals surface area contributed by atoms with Crippen molar-refractivity contribution in [1.82, 2.24) is 0 Å². The largest absolute Gasteiger partial charge is 0.497 e. The van der Waals surface area contributed by atoms with Crippen molar-refractivity contribution in [3.63, 3.8) is 0 Å². The molecule has 34 heavy (non-hydrogen) atoms. The van der Waals surface area contributed by atoms with Gasteiger partial charge in [-0.3, -0.25) is 4.79 Å². The van der Waals surface area contributed by atoms with Gasteiger partial charge in [0.25, 0.3) is 0 Å². The van der Waals surface area contributed by atoms with Gasteiger partial charge in [-0.2, -0.15) is 0 Å². The monoisotopic (exact) mass is 462 g/mol. The average molecular weight is 463 g/mol. The van der Waals surface area contributed by atoms with Gasteiger partial charge >= 0.3 is 0 Å². The summed E-state index contributed by atoms with van der Waals surface area (Å²) >= 11 is 0. The predicted octanol–water partition coefficient (Wildman–Crippen LogP) is 8.08. The fraction of sp³-hybridized carbons (Fsp3) is 0.581. The minimum Gasteiger partial charge on any atom is -0.497 e. The average Bonchev–Trinajstić information content (AvgIpc) is 2.91. The summed E-state index contributed by atoms with van der Waals surface area (Å²) in [7, 11) is 3.42. The number of carbonyl (C=O) groups is 1. The number of benzene rings is 2. The Morgan fingerprint density at radius 3 is 1.32 bits per heavy atom. The van der Waals surface area contributed by atoms with E-state index in [2.05, 4.69) is 48.5 Å². The van der Waals surface area contributed by atoms with E-state index in [-0.39, 0.29) is 0 Å². The molecule has 2 aromatic carbocycles. The third kappa shape index (κ3) is 6.43. The second-order valence-electron chi connectivity index (χ2n) is 10.5. The second kappa shape index (κ2) is 12.4. The van der Waals surface area contributed by atoms with Crippen molar-refractivity contribution in [2.45, 2.75) is 88.9 Å². The molecule has 3 nitrogen and oxygen atoms in total. The van der Waals surface area contributed by atoms with Gasteiger partial charge in [0, 0.05) is 12.8 Å². The van der Waals surface area contributed by atoms with Crippen molar-refractivity contribution < 1.29 is 14.3 Å². The highest BCUT2D eigenvalue weighted by molar-refractivity contribution is 5.80. The zero-order valence-corrected chi connectivity index (χ0v) is 21.1. The molecule has 0 N–H and O–H groups in total. The molecule has 0 aromatic heterocycles. The van der Waals surface area contributed by atoms with Crippen LogP contribution in [0.15, 0.2) is 48.5 Å². The summed E-state index contributed by atoms with van der Waals surface area (Å²) in [5, 5.41) is 0. The predicted molar refractivity (Wildman–Crippen MR) is 139 cm³/mol. The fourth-order valence-corrected chi connectivity index (χ4v) is 6.46. The minimum absolute atomic E-state index is 0.321. The van der Waals surface area contributed by atoms with Crippen LogP contribution in [0.4, 0.5) is 0 Å². The summed E-state index contributed by atoms with van der Waals surface area (Å²) in [4.78, 5) is 13.7. The topological polar surface area (TPSA) is 35.5 Å². The van der Waals surface area contributed by atoms with Gasteiger partial charge in [0.15, 0.2) is 0 Å². The second-order valence-corrected chi connectivity index (χ2v) is 10.5. The van der Waals surface area contributed by atoms with Gasteiger partial charge in [-0.25, -0.2) is 0 Å². The summed E-state index contributed by atoms with van der Waals surface area (Å²) in [5.41, 5.74) is 2.61. The van der Waals surface area contributed by atoms with E-state index in [1.165, 1.54) is 75.3 Å². The smallest absolute Gasteiger partial charge is 0.134 e. The third-order valence-electron chi connectivity index (χ3n) is 8.42. The van der Waals surface area contributed by atoms with Crippen molar-refractivity contribution >= 4 is 5.78 Å². The Kier molecular flexibility index (Phi) is 9.07. The molecule has 0 amide bonds. The van der Waals surface area contributed by atoms with Gasteiger partial charge in [0.05, 0.1) is 14.2 Å². The highest BCUT2D eigenvalue weighted by Gasteiger charge is 2.31. The maximum Gasteiger partial charge on any atom is 0.134 e. The van der Waals surface area contributed by atoms with Crippen LogP contribution in [0.1, 0.15) is 100 Å². The fourth-order valence-electron chi connectivity index (χ4n) is 6.46. The Morgan fingerprint density at radius 1 is 0.647 bits per heavy atom. The van der Waals surface area contributed by atoms with Crippen LogP contribution in [0.2, 0.25) is 0 Å². The number of methoxy groups -OCH3 is 2. The van der Waals surface area contributed by atoms with Gasteiger partial charge in [-0.15, -0.1) is 0 Å². The van der Waals surface area contributed by atoms with E-state index in [4.69, 9.17) is 9.47 Å². The summed E-state index contributed by atoms with van der Waals surface area (Å²) in [6.07, 6.45) is 14.1. The lowest BCUT2D eigenvalue weighted by atomic mass is 9.71. The molecule has 0 spiro atoms. The van der Waals surface area contributed by atoms with E-state index in [1.807, 2.05) is 0 Å². The highest BCUT2D eigenvalue weighted by Crippen LogP contribution is 2.42. The first-order valence-electron chi connectivity index (χ1n) is 13.5. The molecule has 2 aliphatic carbocycles. The van der Waals surface area contributed by atoms with Crippen LogP contribution < -0.4 is 9.47 Å². The van der Waals surface area contributed by atoms with E-state index < -0.39 is 0 Å². The highest BCUT2D eigenvalue weighted by atomic mass is 16.5. The SMILES string of the molecule is COc1ccc([C@@H](CC(=O)C[C@H](c2ccc(OC)cc2)C2CCCCC2)C2CCCCC2)cc1. The zero-order chi connectivity index (χ0) is 23.8. The number of ketones is 1. The Balaban J connectivity index is 1.52. The Labute approximate surface area is 206 Å². The molecule has 184 valence electrons.